The Kier molecular flexibility index (Phi) is 4.02. The van der Waals surface area contributed by atoms with E-state index in [0.29, 0.717) is 26.1 Å². The number of nitrogens with zero attached hydrogens (tertiary/aromatic N) is 2. The second-order valence-electron chi connectivity index (χ2n) is 3.42. The minimum Gasteiger partial charge on any atom is -0.333 e. The van der Waals surface area contributed by atoms with Gasteiger partial charge in [-0.1, -0.05) is 47.7 Å². The van der Waals surface area contributed by atoms with Gasteiger partial charge in [-0.25, -0.2) is 4.98 Å². The van der Waals surface area contributed by atoms with Gasteiger partial charge in [0.1, 0.15) is 16.3 Å². The molecule has 1 aromatic carbocycles. The molecule has 0 radical (unpaired) electrons. The van der Waals surface area contributed by atoms with Crippen LogP contribution in [-0.2, 0) is 0 Å². The van der Waals surface area contributed by atoms with Crippen molar-refractivity contribution in [2.45, 2.75) is 5.16 Å². The van der Waals surface area contributed by atoms with E-state index >= 15 is 0 Å². The van der Waals surface area contributed by atoms with Crippen LogP contribution in [0.25, 0.3) is 11.3 Å². The third kappa shape index (κ3) is 2.56. The maximum atomic E-state index is 9.17. The van der Waals surface area contributed by atoms with Gasteiger partial charge >= 0.3 is 0 Å². The van der Waals surface area contributed by atoms with Crippen LogP contribution in [0.5, 0.6) is 0 Å². The van der Waals surface area contributed by atoms with Gasteiger partial charge in [-0.15, -0.1) is 0 Å². The molecule has 0 spiro atoms. The molecule has 90 valence electrons. The fourth-order valence-corrected chi connectivity index (χ4v) is 2.30. The number of nitriles is 1. The predicted octanol–water partition coefficient (Wildman–Crippen LogP) is 4.05. The zero-order chi connectivity index (χ0) is 13.1. The zero-order valence-corrected chi connectivity index (χ0v) is 11.8. The summed E-state index contributed by atoms with van der Waals surface area (Å²) < 4.78 is 0.311. The Balaban J connectivity index is 2.69. The first-order chi connectivity index (χ1) is 8.65. The number of benzene rings is 1. The molecule has 2 aromatic rings. The number of nitrogens with one attached hydrogen (secondary N) is 1. The third-order valence-electron chi connectivity index (χ3n) is 2.34. The van der Waals surface area contributed by atoms with Gasteiger partial charge < -0.3 is 4.98 Å². The number of hydrogen-bond acceptors (Lipinski definition) is 4. The number of thioether (sulfide) groups is 1. The van der Waals surface area contributed by atoms with Gasteiger partial charge in [-0.2, -0.15) is 5.26 Å². The summed E-state index contributed by atoms with van der Waals surface area (Å²) in [6.07, 6.45) is 1.89. The van der Waals surface area contributed by atoms with E-state index in [2.05, 4.69) is 16.0 Å². The van der Waals surface area contributed by atoms with Crippen molar-refractivity contribution in [3.8, 4) is 17.3 Å². The van der Waals surface area contributed by atoms with Gasteiger partial charge in [-0.3, -0.25) is 0 Å². The van der Waals surface area contributed by atoms with Crippen molar-refractivity contribution in [2.75, 3.05) is 6.26 Å². The number of H-pyrrole nitrogens is 1. The van der Waals surface area contributed by atoms with Crippen molar-refractivity contribution in [1.82, 2.24) is 9.97 Å². The van der Waals surface area contributed by atoms with E-state index in [1.165, 1.54) is 11.8 Å². The van der Waals surface area contributed by atoms with Gasteiger partial charge in [0.05, 0.1) is 5.69 Å². The molecule has 0 saturated heterocycles. The van der Waals surface area contributed by atoms with Crippen molar-refractivity contribution >= 4 is 35.6 Å². The number of hydrogen-bond donors (Lipinski definition) is 1. The van der Waals surface area contributed by atoms with Crippen molar-refractivity contribution in [1.29, 1.82) is 5.26 Å². The normalized spacial score (nSPS) is 10.1. The Morgan fingerprint density at radius 1 is 1.39 bits per heavy atom. The van der Waals surface area contributed by atoms with Gasteiger partial charge in [0.25, 0.3) is 0 Å². The summed E-state index contributed by atoms with van der Waals surface area (Å²) in [6, 6.07) is 9.31. The molecule has 0 aliphatic rings. The van der Waals surface area contributed by atoms with Crippen molar-refractivity contribution in [3.63, 3.8) is 0 Å². The second-order valence-corrected chi connectivity index (χ2v) is 5.04. The van der Waals surface area contributed by atoms with Crippen LogP contribution in [0.15, 0.2) is 29.4 Å². The molecule has 2 rings (SSSR count). The Hall–Kier alpha value is -1.35. The molecule has 18 heavy (non-hydrogen) atoms. The minimum absolute atomic E-state index is 0.311. The highest BCUT2D eigenvalue weighted by Gasteiger charge is 2.10. The molecule has 0 saturated carbocycles. The third-order valence-corrected chi connectivity index (χ3v) is 3.46. The lowest BCUT2D eigenvalue weighted by atomic mass is 10.1. The molecule has 1 heterocycles. The summed E-state index contributed by atoms with van der Waals surface area (Å²) in [5.74, 6) is 0. The van der Waals surface area contributed by atoms with Crippen LogP contribution in [0, 0.1) is 16.0 Å². The van der Waals surface area contributed by atoms with E-state index in [-0.39, 0.29) is 0 Å². The van der Waals surface area contributed by atoms with Crippen molar-refractivity contribution in [3.05, 3.63) is 39.5 Å². The molecule has 3 nitrogen and oxygen atoms in total. The first kappa shape index (κ1) is 13.1. The van der Waals surface area contributed by atoms with Crippen molar-refractivity contribution < 1.29 is 0 Å². The summed E-state index contributed by atoms with van der Waals surface area (Å²) >= 11 is 12.4. The second kappa shape index (κ2) is 5.53. The summed E-state index contributed by atoms with van der Waals surface area (Å²) in [4.78, 5) is 7.25. The van der Waals surface area contributed by atoms with Crippen LogP contribution < -0.4 is 0 Å². The number of halogens is 1. The predicted molar refractivity (Wildman–Crippen MR) is 76.4 cm³/mol. The van der Waals surface area contributed by atoms with Crippen LogP contribution in [0.2, 0.25) is 5.02 Å². The van der Waals surface area contributed by atoms with E-state index in [1.807, 2.05) is 18.4 Å². The monoisotopic (exact) mass is 293 g/mol. The lowest BCUT2D eigenvalue weighted by Gasteiger charge is -2.07. The maximum absolute atomic E-state index is 9.17. The number of aromatic nitrogens is 2. The molecule has 1 aromatic heterocycles. The van der Waals surface area contributed by atoms with Gasteiger partial charge in [0.15, 0.2) is 5.16 Å². The average molecular weight is 294 g/mol. The van der Waals surface area contributed by atoms with E-state index in [1.54, 1.807) is 12.1 Å². The van der Waals surface area contributed by atoms with Crippen LogP contribution in [0.3, 0.4) is 0 Å². The molecular formula is C12H8ClN3S2. The van der Waals surface area contributed by atoms with Crippen LogP contribution in [0.1, 0.15) is 5.56 Å². The van der Waals surface area contributed by atoms with E-state index < -0.39 is 0 Å². The highest BCUT2D eigenvalue weighted by molar-refractivity contribution is 7.98. The molecule has 6 heteroatoms. The Labute approximate surface area is 119 Å². The lowest BCUT2D eigenvalue weighted by molar-refractivity contribution is 0.958. The fraction of sp³-hybridized carbons (Fsp3) is 0.0833. The average Bonchev–Trinajstić information content (AvgIpc) is 2.38. The van der Waals surface area contributed by atoms with Crippen LogP contribution in [0.4, 0.5) is 0 Å². The van der Waals surface area contributed by atoms with Crippen molar-refractivity contribution in [2.24, 2.45) is 0 Å². The molecule has 0 aliphatic carbocycles. The molecule has 0 bridgehead atoms. The standard InChI is InChI=1S/C12H8ClN3S2/c1-18-12-15-10(9(6-14)11(17)16-12)7-2-4-8(13)5-3-7/h2-5H,1H3,(H,15,16,17). The SMILES string of the molecule is CSc1nc(=S)c(C#N)c(-c2ccc(Cl)cc2)[nH]1. The summed E-state index contributed by atoms with van der Waals surface area (Å²) in [5.41, 5.74) is 1.92. The van der Waals surface area contributed by atoms with Crippen LogP contribution in [-0.4, -0.2) is 16.2 Å². The highest BCUT2D eigenvalue weighted by Crippen LogP contribution is 2.25. The Morgan fingerprint density at radius 2 is 2.06 bits per heavy atom. The first-order valence-corrected chi connectivity index (χ1v) is 7.01. The zero-order valence-electron chi connectivity index (χ0n) is 9.40. The van der Waals surface area contributed by atoms with E-state index in [0.717, 1.165) is 5.56 Å². The van der Waals surface area contributed by atoms with Gasteiger partial charge in [0, 0.05) is 5.02 Å². The van der Waals surface area contributed by atoms with Gasteiger partial charge in [-0.05, 0) is 24.0 Å². The molecule has 0 aliphatic heterocycles. The molecular weight excluding hydrogens is 286 g/mol. The Bertz CT molecular complexity index is 671. The molecule has 1 N–H and O–H groups in total. The summed E-state index contributed by atoms with van der Waals surface area (Å²) in [7, 11) is 0. The fourth-order valence-electron chi connectivity index (χ4n) is 1.49. The van der Waals surface area contributed by atoms with Crippen LogP contribution >= 0.6 is 35.6 Å². The number of rotatable bonds is 2. The molecule has 0 atom stereocenters. The van der Waals surface area contributed by atoms with E-state index in [4.69, 9.17) is 29.1 Å². The minimum atomic E-state index is 0.311. The smallest absolute Gasteiger partial charge is 0.166 e. The quantitative estimate of drug-likeness (QED) is 0.515. The summed E-state index contributed by atoms with van der Waals surface area (Å²) in [6.45, 7) is 0. The molecule has 0 fully saturated rings. The Morgan fingerprint density at radius 3 is 2.61 bits per heavy atom. The van der Waals surface area contributed by atoms with E-state index in [9.17, 15) is 0 Å². The first-order valence-electron chi connectivity index (χ1n) is 5.00. The largest absolute Gasteiger partial charge is 0.333 e. The lowest BCUT2D eigenvalue weighted by Crippen LogP contribution is -1.96. The topological polar surface area (TPSA) is 52.5 Å². The number of aromatic amines is 1. The van der Waals surface area contributed by atoms with Gasteiger partial charge in [0.2, 0.25) is 0 Å². The highest BCUT2D eigenvalue weighted by atomic mass is 35.5. The summed E-state index contributed by atoms with van der Waals surface area (Å²) in [5, 5.41) is 10.5. The maximum Gasteiger partial charge on any atom is 0.166 e. The molecule has 0 unspecified atom stereocenters. The molecule has 0 amide bonds.